The highest BCUT2D eigenvalue weighted by atomic mass is 14.7. The van der Waals surface area contributed by atoms with Crippen molar-refractivity contribution in [2.75, 3.05) is 0 Å². The molecule has 0 saturated heterocycles. The highest BCUT2D eigenvalue weighted by Crippen LogP contribution is 2.45. The molecule has 0 aliphatic heterocycles. The molecule has 0 bridgehead atoms. The number of hydrogen-bond donors (Lipinski definition) is 0. The highest BCUT2D eigenvalue weighted by molar-refractivity contribution is 6.34. The normalized spacial score (nSPS) is 12.1. The van der Waals surface area contributed by atoms with E-state index in [-0.39, 0.29) is 0 Å². The van der Waals surface area contributed by atoms with Crippen molar-refractivity contribution in [2.24, 2.45) is 0 Å². The Balaban J connectivity index is 1.15. The summed E-state index contributed by atoms with van der Waals surface area (Å²) in [5.41, 5.74) is 7.90. The van der Waals surface area contributed by atoms with E-state index in [4.69, 9.17) is 4.98 Å². The Kier molecular flexibility index (Phi) is 6.12. The topological polar surface area (TPSA) is 12.9 Å². The van der Waals surface area contributed by atoms with Crippen molar-refractivity contribution in [3.8, 4) is 33.5 Å². The zero-order chi connectivity index (χ0) is 35.3. The van der Waals surface area contributed by atoms with Crippen LogP contribution in [0.2, 0.25) is 0 Å². The Hall–Kier alpha value is -7.09. The molecule has 0 amide bonds. The summed E-state index contributed by atoms with van der Waals surface area (Å²) in [6.07, 6.45) is 0. The van der Waals surface area contributed by atoms with Crippen molar-refractivity contribution < 1.29 is 0 Å². The van der Waals surface area contributed by atoms with Crippen molar-refractivity contribution >= 4 is 86.3 Å². The number of rotatable bonds is 3. The molecular weight excluding hydrogens is 651 g/mol. The number of benzene rings is 11. The molecule has 0 spiro atoms. The second kappa shape index (κ2) is 11.2. The summed E-state index contributed by atoms with van der Waals surface area (Å²) in [4.78, 5) is 5.64. The molecule has 1 heterocycles. The predicted octanol–water partition coefficient (Wildman–Crippen LogP) is 14.7. The van der Waals surface area contributed by atoms with Crippen molar-refractivity contribution in [3.63, 3.8) is 0 Å². The third-order valence-corrected chi connectivity index (χ3v) is 11.7. The molecule has 0 N–H and O–H groups in total. The van der Waals surface area contributed by atoms with E-state index in [1.165, 1.54) is 103 Å². The van der Waals surface area contributed by atoms with Gasteiger partial charge in [-0.05, 0) is 105 Å². The van der Waals surface area contributed by atoms with Crippen LogP contribution in [0.3, 0.4) is 0 Å². The molecule has 11 aromatic carbocycles. The average molecular weight is 682 g/mol. The summed E-state index contributed by atoms with van der Waals surface area (Å²) < 4.78 is 0. The first-order valence-electron chi connectivity index (χ1n) is 18.7. The maximum atomic E-state index is 5.64. The SMILES string of the molecule is c1cc(-c2ccc3ccc4cccc5ccc2c3c45)cc(-c2nc3cc(-c4ccc5ccccc5c4)ccc3c3c4ccccc4c4ccccc4c23)c1. The molecule has 0 radical (unpaired) electrons. The van der Waals surface area contributed by atoms with Crippen LogP contribution >= 0.6 is 0 Å². The van der Waals surface area contributed by atoms with E-state index in [0.717, 1.165) is 16.8 Å². The van der Waals surface area contributed by atoms with Gasteiger partial charge in [-0.25, -0.2) is 4.98 Å². The molecule has 0 aliphatic rings. The van der Waals surface area contributed by atoms with Gasteiger partial charge in [0.25, 0.3) is 0 Å². The minimum Gasteiger partial charge on any atom is -0.247 e. The average Bonchev–Trinajstić information content (AvgIpc) is 3.24. The van der Waals surface area contributed by atoms with Gasteiger partial charge in [-0.3, -0.25) is 0 Å². The summed E-state index contributed by atoms with van der Waals surface area (Å²) in [5, 5.41) is 18.9. The molecule has 0 aliphatic carbocycles. The standard InChI is InChI=1S/C53H31N/c1-2-10-36-29-37(22-19-32(36)9-1)38-25-28-47-48(31-38)54-53(52-45-18-6-4-16-43(45)42-15-3-5-17-44(42)51(47)52)40-14-8-13-39(30-40)41-26-23-35-21-20-33-11-7-12-34-24-27-46(41)50(35)49(33)34/h1-31H. The van der Waals surface area contributed by atoms with Crippen LogP contribution in [0.1, 0.15) is 0 Å². The van der Waals surface area contributed by atoms with Gasteiger partial charge in [0.05, 0.1) is 11.2 Å². The van der Waals surface area contributed by atoms with Crippen LogP contribution in [-0.4, -0.2) is 4.98 Å². The third-order valence-electron chi connectivity index (χ3n) is 11.7. The Morgan fingerprint density at radius 1 is 0.259 bits per heavy atom. The van der Waals surface area contributed by atoms with Gasteiger partial charge in [-0.15, -0.1) is 0 Å². The van der Waals surface area contributed by atoms with Crippen LogP contribution in [0.5, 0.6) is 0 Å². The predicted molar refractivity (Wildman–Crippen MR) is 232 cm³/mol. The van der Waals surface area contributed by atoms with E-state index >= 15 is 0 Å². The molecule has 1 aromatic heterocycles. The largest absolute Gasteiger partial charge is 0.247 e. The van der Waals surface area contributed by atoms with Crippen LogP contribution in [0.15, 0.2) is 188 Å². The first-order chi connectivity index (χ1) is 26.8. The zero-order valence-corrected chi connectivity index (χ0v) is 29.3. The number of aromatic nitrogens is 1. The first kappa shape index (κ1) is 29.5. The molecule has 0 unspecified atom stereocenters. The Bertz CT molecular complexity index is 3480. The van der Waals surface area contributed by atoms with Gasteiger partial charge in [-0.1, -0.05) is 170 Å². The van der Waals surface area contributed by atoms with Gasteiger partial charge >= 0.3 is 0 Å². The quantitative estimate of drug-likeness (QED) is 0.169. The van der Waals surface area contributed by atoms with Gasteiger partial charge in [0.15, 0.2) is 0 Å². The van der Waals surface area contributed by atoms with Gasteiger partial charge in [0, 0.05) is 21.7 Å². The van der Waals surface area contributed by atoms with Crippen molar-refractivity contribution in [2.45, 2.75) is 0 Å². The number of fused-ring (bicyclic) bond motifs is 9. The van der Waals surface area contributed by atoms with Crippen LogP contribution in [0.25, 0.3) is 120 Å². The Labute approximate surface area is 311 Å². The molecule has 0 saturated carbocycles. The van der Waals surface area contributed by atoms with E-state index < -0.39 is 0 Å². The van der Waals surface area contributed by atoms with Crippen molar-refractivity contribution in [1.82, 2.24) is 4.98 Å². The van der Waals surface area contributed by atoms with E-state index in [0.29, 0.717) is 0 Å². The first-order valence-corrected chi connectivity index (χ1v) is 18.7. The Morgan fingerprint density at radius 2 is 0.815 bits per heavy atom. The van der Waals surface area contributed by atoms with Gasteiger partial charge in [0.1, 0.15) is 0 Å². The number of nitrogens with zero attached hydrogens (tertiary/aromatic N) is 1. The second-order valence-electron chi connectivity index (χ2n) is 14.6. The maximum absolute atomic E-state index is 5.64. The molecule has 0 fully saturated rings. The van der Waals surface area contributed by atoms with Crippen LogP contribution in [0, 0.1) is 0 Å². The minimum absolute atomic E-state index is 0.997. The smallest absolute Gasteiger partial charge is 0.0794 e. The summed E-state index contributed by atoms with van der Waals surface area (Å²) in [6, 6.07) is 69.2. The monoisotopic (exact) mass is 681 g/mol. The summed E-state index contributed by atoms with van der Waals surface area (Å²) >= 11 is 0. The molecule has 248 valence electrons. The minimum atomic E-state index is 0.997. The van der Waals surface area contributed by atoms with Crippen molar-refractivity contribution in [3.05, 3.63) is 188 Å². The fourth-order valence-corrected chi connectivity index (χ4v) is 9.26. The summed E-state index contributed by atoms with van der Waals surface area (Å²) in [6.45, 7) is 0. The summed E-state index contributed by atoms with van der Waals surface area (Å²) in [7, 11) is 0. The van der Waals surface area contributed by atoms with Gasteiger partial charge in [0.2, 0.25) is 0 Å². The van der Waals surface area contributed by atoms with Gasteiger partial charge < -0.3 is 0 Å². The molecule has 1 nitrogen and oxygen atoms in total. The lowest BCUT2D eigenvalue weighted by Crippen LogP contribution is -1.94. The van der Waals surface area contributed by atoms with Gasteiger partial charge in [-0.2, -0.15) is 0 Å². The lowest BCUT2D eigenvalue weighted by atomic mass is 9.88. The van der Waals surface area contributed by atoms with E-state index in [1.807, 2.05) is 0 Å². The number of hydrogen-bond acceptors (Lipinski definition) is 1. The van der Waals surface area contributed by atoms with Crippen LogP contribution in [-0.2, 0) is 0 Å². The van der Waals surface area contributed by atoms with E-state index in [2.05, 4.69) is 188 Å². The second-order valence-corrected chi connectivity index (χ2v) is 14.6. The molecular formula is C53H31N. The van der Waals surface area contributed by atoms with Crippen LogP contribution in [0.4, 0.5) is 0 Å². The number of pyridine rings is 1. The maximum Gasteiger partial charge on any atom is 0.0794 e. The summed E-state index contributed by atoms with van der Waals surface area (Å²) in [5.74, 6) is 0. The Morgan fingerprint density at radius 3 is 1.63 bits per heavy atom. The van der Waals surface area contributed by atoms with Crippen LogP contribution < -0.4 is 0 Å². The molecule has 1 heteroatoms. The zero-order valence-electron chi connectivity index (χ0n) is 29.3. The van der Waals surface area contributed by atoms with E-state index in [9.17, 15) is 0 Å². The fourth-order valence-electron chi connectivity index (χ4n) is 9.26. The molecule has 54 heavy (non-hydrogen) atoms. The fraction of sp³-hybridized carbons (Fsp3) is 0. The lowest BCUT2D eigenvalue weighted by molar-refractivity contribution is 1.43. The third kappa shape index (κ3) is 4.24. The lowest BCUT2D eigenvalue weighted by Gasteiger charge is -2.18. The highest BCUT2D eigenvalue weighted by Gasteiger charge is 2.19. The molecule has 0 atom stereocenters. The molecule has 12 aromatic rings. The molecule has 12 rings (SSSR count). The van der Waals surface area contributed by atoms with E-state index in [1.54, 1.807) is 0 Å². The van der Waals surface area contributed by atoms with Crippen molar-refractivity contribution in [1.29, 1.82) is 0 Å².